The Bertz CT molecular complexity index is 881. The molecule has 1 aliphatic heterocycles. The molecule has 1 aromatic carbocycles. The quantitative estimate of drug-likeness (QED) is 0.824. The van der Waals surface area contributed by atoms with Gasteiger partial charge in [-0.05, 0) is 37.6 Å². The number of rotatable bonds is 5. The van der Waals surface area contributed by atoms with Gasteiger partial charge < -0.3 is 24.6 Å². The first-order chi connectivity index (χ1) is 14.0. The number of piperazine rings is 1. The topological polar surface area (TPSA) is 96.9 Å². The maximum Gasteiger partial charge on any atom is 0.409 e. The van der Waals surface area contributed by atoms with Gasteiger partial charge in [-0.15, -0.1) is 0 Å². The van der Waals surface area contributed by atoms with Crippen molar-refractivity contribution in [1.29, 1.82) is 0 Å². The molecule has 0 atom stereocenters. The number of ether oxygens (including phenoxy) is 2. The Kier molecular flexibility index (Phi) is 6.48. The van der Waals surface area contributed by atoms with Crippen LogP contribution in [0.4, 0.5) is 16.4 Å². The van der Waals surface area contributed by atoms with E-state index in [0.717, 1.165) is 5.56 Å². The number of nitrogens with zero attached hydrogens (tertiary/aromatic N) is 4. The van der Waals surface area contributed by atoms with E-state index >= 15 is 0 Å². The summed E-state index contributed by atoms with van der Waals surface area (Å²) in [5.74, 6) is 0.688. The molecule has 0 aliphatic carbocycles. The largest absolute Gasteiger partial charge is 0.495 e. The van der Waals surface area contributed by atoms with Crippen molar-refractivity contribution in [2.45, 2.75) is 13.8 Å². The molecular weight excluding hydrogens is 374 g/mol. The van der Waals surface area contributed by atoms with Crippen molar-refractivity contribution in [2.75, 3.05) is 50.1 Å². The molecule has 1 fully saturated rings. The first-order valence-corrected chi connectivity index (χ1v) is 9.47. The van der Waals surface area contributed by atoms with Crippen molar-refractivity contribution in [2.24, 2.45) is 0 Å². The maximum absolute atomic E-state index is 12.7. The summed E-state index contributed by atoms with van der Waals surface area (Å²) in [6, 6.07) is 7.12. The maximum atomic E-state index is 12.7. The van der Waals surface area contributed by atoms with Gasteiger partial charge in [0.1, 0.15) is 11.4 Å². The lowest BCUT2D eigenvalue weighted by Gasteiger charge is -2.34. The number of aryl methyl sites for hydroxylation is 1. The number of anilines is 2. The van der Waals surface area contributed by atoms with E-state index in [9.17, 15) is 9.59 Å². The molecule has 1 saturated heterocycles. The van der Waals surface area contributed by atoms with Gasteiger partial charge in [-0.2, -0.15) is 0 Å². The van der Waals surface area contributed by atoms with Crippen molar-refractivity contribution in [3.8, 4) is 5.75 Å². The average molecular weight is 399 g/mol. The van der Waals surface area contributed by atoms with E-state index in [0.29, 0.717) is 50.2 Å². The Morgan fingerprint density at radius 3 is 2.62 bits per heavy atom. The third-order valence-electron chi connectivity index (χ3n) is 4.57. The Morgan fingerprint density at radius 1 is 1.17 bits per heavy atom. The molecule has 1 aliphatic rings. The number of methoxy groups -OCH3 is 1. The minimum atomic E-state index is -0.345. The molecule has 1 aromatic heterocycles. The minimum Gasteiger partial charge on any atom is -0.495 e. The summed E-state index contributed by atoms with van der Waals surface area (Å²) in [6.45, 7) is 6.23. The molecule has 3 rings (SSSR count). The summed E-state index contributed by atoms with van der Waals surface area (Å²) >= 11 is 0. The molecule has 0 radical (unpaired) electrons. The third-order valence-corrected chi connectivity index (χ3v) is 4.57. The number of nitrogens with one attached hydrogen (secondary N) is 1. The number of hydrogen-bond acceptors (Lipinski definition) is 7. The summed E-state index contributed by atoms with van der Waals surface area (Å²) < 4.78 is 10.3. The molecule has 9 nitrogen and oxygen atoms in total. The van der Waals surface area contributed by atoms with Gasteiger partial charge in [0.2, 0.25) is 5.95 Å². The zero-order valence-electron chi connectivity index (χ0n) is 16.8. The van der Waals surface area contributed by atoms with Crippen molar-refractivity contribution < 1.29 is 19.1 Å². The zero-order valence-corrected chi connectivity index (χ0v) is 16.8. The lowest BCUT2D eigenvalue weighted by atomic mass is 10.2. The van der Waals surface area contributed by atoms with Crippen LogP contribution in [0.5, 0.6) is 5.75 Å². The van der Waals surface area contributed by atoms with E-state index in [1.165, 1.54) is 0 Å². The van der Waals surface area contributed by atoms with Crippen LogP contribution in [-0.4, -0.2) is 66.8 Å². The molecule has 2 aromatic rings. The molecule has 29 heavy (non-hydrogen) atoms. The summed E-state index contributed by atoms with van der Waals surface area (Å²) in [5, 5.41) is 2.84. The molecule has 9 heteroatoms. The number of amides is 2. The van der Waals surface area contributed by atoms with Crippen LogP contribution in [0.3, 0.4) is 0 Å². The lowest BCUT2D eigenvalue weighted by Crippen LogP contribution is -2.49. The predicted molar refractivity (Wildman–Crippen MR) is 109 cm³/mol. The van der Waals surface area contributed by atoms with E-state index in [4.69, 9.17) is 9.47 Å². The van der Waals surface area contributed by atoms with Crippen molar-refractivity contribution in [3.63, 3.8) is 0 Å². The molecule has 2 heterocycles. The number of carbonyl (C=O) groups is 2. The Labute approximate surface area is 169 Å². The monoisotopic (exact) mass is 399 g/mol. The lowest BCUT2D eigenvalue weighted by molar-refractivity contribution is 0.102. The Hall–Kier alpha value is -3.36. The van der Waals surface area contributed by atoms with E-state index < -0.39 is 0 Å². The van der Waals surface area contributed by atoms with Crippen LogP contribution in [-0.2, 0) is 4.74 Å². The highest BCUT2D eigenvalue weighted by Crippen LogP contribution is 2.25. The second-order valence-electron chi connectivity index (χ2n) is 6.57. The van der Waals surface area contributed by atoms with E-state index in [1.54, 1.807) is 37.3 Å². The highest BCUT2D eigenvalue weighted by molar-refractivity contribution is 6.03. The highest BCUT2D eigenvalue weighted by Gasteiger charge is 2.24. The van der Waals surface area contributed by atoms with Crippen molar-refractivity contribution in [1.82, 2.24) is 14.9 Å². The predicted octanol–water partition coefficient (Wildman–Crippen LogP) is 2.32. The molecular formula is C20H25N5O4. The standard InChI is InChI=1S/C20H25N5O4/c1-4-29-20(27)25-11-9-24(10-12-25)19-21-8-7-15(23-19)18(26)22-16-13-14(2)5-6-17(16)28-3/h5-8,13H,4,9-12H2,1-3H3,(H,22,26). The summed E-state index contributed by atoms with van der Waals surface area (Å²) in [5.41, 5.74) is 1.84. The van der Waals surface area contributed by atoms with Crippen LogP contribution in [0.1, 0.15) is 23.0 Å². The molecule has 0 bridgehead atoms. The Morgan fingerprint density at radius 2 is 1.93 bits per heavy atom. The van der Waals surface area contributed by atoms with Gasteiger partial charge in [0.25, 0.3) is 5.91 Å². The first kappa shape index (κ1) is 20.4. The molecule has 154 valence electrons. The van der Waals surface area contributed by atoms with Gasteiger partial charge in [-0.3, -0.25) is 4.79 Å². The summed E-state index contributed by atoms with van der Waals surface area (Å²) in [4.78, 5) is 36.8. The highest BCUT2D eigenvalue weighted by atomic mass is 16.6. The normalized spacial score (nSPS) is 13.8. The molecule has 0 spiro atoms. The van der Waals surface area contributed by atoms with Crippen LogP contribution in [0.15, 0.2) is 30.5 Å². The number of benzene rings is 1. The van der Waals surface area contributed by atoms with Gasteiger partial charge in [-0.1, -0.05) is 6.07 Å². The van der Waals surface area contributed by atoms with Crippen LogP contribution >= 0.6 is 0 Å². The SMILES string of the molecule is CCOC(=O)N1CCN(c2nccc(C(=O)Nc3cc(C)ccc3OC)n2)CC1. The average Bonchev–Trinajstić information content (AvgIpc) is 2.74. The number of hydrogen-bond donors (Lipinski definition) is 1. The molecule has 1 N–H and O–H groups in total. The van der Waals surface area contributed by atoms with Crippen LogP contribution < -0.4 is 15.0 Å². The van der Waals surface area contributed by atoms with Crippen molar-refractivity contribution >= 4 is 23.6 Å². The fourth-order valence-electron chi connectivity index (χ4n) is 3.04. The zero-order chi connectivity index (χ0) is 20.8. The van der Waals surface area contributed by atoms with E-state index in [-0.39, 0.29) is 17.7 Å². The molecule has 0 unspecified atom stereocenters. The molecule has 2 amide bonds. The smallest absolute Gasteiger partial charge is 0.409 e. The fraction of sp³-hybridized carbons (Fsp3) is 0.400. The van der Waals surface area contributed by atoms with Crippen LogP contribution in [0.25, 0.3) is 0 Å². The number of carbonyl (C=O) groups excluding carboxylic acids is 2. The van der Waals surface area contributed by atoms with Gasteiger partial charge in [-0.25, -0.2) is 14.8 Å². The molecule has 0 saturated carbocycles. The number of aromatic nitrogens is 2. The fourth-order valence-corrected chi connectivity index (χ4v) is 3.04. The van der Waals surface area contributed by atoms with Gasteiger partial charge >= 0.3 is 6.09 Å². The van der Waals surface area contributed by atoms with Crippen molar-refractivity contribution in [3.05, 3.63) is 41.7 Å². The van der Waals surface area contributed by atoms with Gasteiger partial charge in [0.05, 0.1) is 19.4 Å². The van der Waals surface area contributed by atoms with Gasteiger partial charge in [0.15, 0.2) is 0 Å². The van der Waals surface area contributed by atoms with Gasteiger partial charge in [0, 0.05) is 32.4 Å². The third kappa shape index (κ3) is 4.92. The van der Waals surface area contributed by atoms with Crippen LogP contribution in [0.2, 0.25) is 0 Å². The second-order valence-corrected chi connectivity index (χ2v) is 6.57. The Balaban J connectivity index is 1.68. The summed E-state index contributed by atoms with van der Waals surface area (Å²) in [7, 11) is 1.55. The summed E-state index contributed by atoms with van der Waals surface area (Å²) in [6.07, 6.45) is 1.25. The van der Waals surface area contributed by atoms with E-state index in [2.05, 4.69) is 15.3 Å². The second kappa shape index (κ2) is 9.22. The minimum absolute atomic E-state index is 0.256. The first-order valence-electron chi connectivity index (χ1n) is 9.47. The van der Waals surface area contributed by atoms with Crippen LogP contribution in [0, 0.1) is 6.92 Å². The van der Waals surface area contributed by atoms with E-state index in [1.807, 2.05) is 24.0 Å².